The van der Waals surface area contributed by atoms with E-state index < -0.39 is 0 Å². The molecular formula is C24H34N4O2. The van der Waals surface area contributed by atoms with Gasteiger partial charge in [-0.15, -0.1) is 0 Å². The molecule has 0 spiro atoms. The molecule has 0 fully saturated rings. The predicted octanol–water partition coefficient (Wildman–Crippen LogP) is 4.48. The normalized spacial score (nSPS) is 12.2. The number of pyridine rings is 1. The molecule has 1 heterocycles. The van der Waals surface area contributed by atoms with Crippen molar-refractivity contribution >= 4 is 23.2 Å². The maximum Gasteiger partial charge on any atom is 0.253 e. The molecule has 0 bridgehead atoms. The Morgan fingerprint density at radius 1 is 1.17 bits per heavy atom. The van der Waals surface area contributed by atoms with Crippen LogP contribution in [0.2, 0.25) is 0 Å². The number of nitrogens with one attached hydrogen (secondary N) is 2. The topological polar surface area (TPSA) is 74.3 Å². The van der Waals surface area contributed by atoms with Crippen LogP contribution in [-0.2, 0) is 11.3 Å². The maximum atomic E-state index is 12.8. The Morgan fingerprint density at radius 2 is 1.90 bits per heavy atom. The van der Waals surface area contributed by atoms with Gasteiger partial charge in [0.15, 0.2) is 0 Å². The van der Waals surface area contributed by atoms with Crippen LogP contribution < -0.4 is 15.5 Å². The molecule has 6 heteroatoms. The molecule has 162 valence electrons. The van der Waals surface area contributed by atoms with E-state index >= 15 is 0 Å². The first-order chi connectivity index (χ1) is 14.0. The lowest BCUT2D eigenvalue weighted by atomic mass is 9.84. The first-order valence-corrected chi connectivity index (χ1v) is 10.3. The lowest BCUT2D eigenvalue weighted by molar-refractivity contribution is -0.117. The zero-order valence-electron chi connectivity index (χ0n) is 19.0. The van der Waals surface area contributed by atoms with Crippen LogP contribution in [0.25, 0.3) is 0 Å². The van der Waals surface area contributed by atoms with E-state index in [1.165, 1.54) is 0 Å². The van der Waals surface area contributed by atoms with Gasteiger partial charge in [-0.2, -0.15) is 0 Å². The molecule has 0 radical (unpaired) electrons. The molecule has 30 heavy (non-hydrogen) atoms. The van der Waals surface area contributed by atoms with Crippen LogP contribution in [-0.4, -0.2) is 30.9 Å². The van der Waals surface area contributed by atoms with Crippen molar-refractivity contribution in [3.05, 3.63) is 53.9 Å². The summed E-state index contributed by atoms with van der Waals surface area (Å²) in [7, 11) is 3.78. The van der Waals surface area contributed by atoms with Gasteiger partial charge in [-0.05, 0) is 47.6 Å². The minimum Gasteiger partial charge on any atom is -0.377 e. The van der Waals surface area contributed by atoms with E-state index in [-0.39, 0.29) is 23.1 Å². The van der Waals surface area contributed by atoms with Crippen LogP contribution >= 0.6 is 0 Å². The molecule has 6 nitrogen and oxygen atoms in total. The highest BCUT2D eigenvalue weighted by molar-refractivity contribution is 6.02. The zero-order chi connectivity index (χ0) is 22.3. The second-order valence-electron chi connectivity index (χ2n) is 9.29. The van der Waals surface area contributed by atoms with Crippen molar-refractivity contribution in [1.29, 1.82) is 0 Å². The third-order valence-corrected chi connectivity index (χ3v) is 4.68. The fourth-order valence-electron chi connectivity index (χ4n) is 3.61. The van der Waals surface area contributed by atoms with Crippen molar-refractivity contribution in [3.8, 4) is 0 Å². The third-order valence-electron chi connectivity index (χ3n) is 4.68. The summed E-state index contributed by atoms with van der Waals surface area (Å²) in [5.74, 6) is 0.0547. The largest absolute Gasteiger partial charge is 0.377 e. The average Bonchev–Trinajstić information content (AvgIpc) is 2.65. The summed E-state index contributed by atoms with van der Waals surface area (Å²) < 4.78 is 0. The van der Waals surface area contributed by atoms with Crippen molar-refractivity contribution in [1.82, 2.24) is 10.3 Å². The van der Waals surface area contributed by atoms with Gasteiger partial charge in [0.1, 0.15) is 0 Å². The number of rotatable bonds is 8. The molecule has 1 aromatic carbocycles. The summed E-state index contributed by atoms with van der Waals surface area (Å²) >= 11 is 0. The molecule has 1 unspecified atom stereocenters. The molecule has 0 saturated carbocycles. The summed E-state index contributed by atoms with van der Waals surface area (Å²) in [5, 5.41) is 5.88. The maximum absolute atomic E-state index is 12.8. The molecule has 1 aromatic heterocycles. The van der Waals surface area contributed by atoms with Crippen molar-refractivity contribution < 1.29 is 9.59 Å². The molecule has 0 saturated heterocycles. The van der Waals surface area contributed by atoms with Gasteiger partial charge < -0.3 is 15.5 Å². The minimum atomic E-state index is -0.195. The summed E-state index contributed by atoms with van der Waals surface area (Å²) in [6, 6.07) is 9.17. The number of aromatic nitrogens is 1. The molecule has 0 aliphatic carbocycles. The number of carbonyl (C=O) groups is 2. The summed E-state index contributed by atoms with van der Waals surface area (Å²) in [6.45, 7) is 9.02. The lowest BCUT2D eigenvalue weighted by Gasteiger charge is -2.23. The fourth-order valence-corrected chi connectivity index (χ4v) is 3.61. The SMILES string of the molecule is CC(CC(=O)Nc1ccc(N(C)C)c(C(=O)NCc2cccnc2)c1)CC(C)(C)C. The Kier molecular flexibility index (Phi) is 7.98. The molecule has 0 aliphatic rings. The van der Waals surface area contributed by atoms with Crippen molar-refractivity contribution in [2.75, 3.05) is 24.3 Å². The quantitative estimate of drug-likeness (QED) is 0.673. The molecule has 2 aromatic rings. The highest BCUT2D eigenvalue weighted by atomic mass is 16.2. The van der Waals surface area contributed by atoms with Gasteiger partial charge in [-0.3, -0.25) is 14.6 Å². The van der Waals surface area contributed by atoms with E-state index in [9.17, 15) is 9.59 Å². The smallest absolute Gasteiger partial charge is 0.253 e. The van der Waals surface area contributed by atoms with E-state index in [1.54, 1.807) is 18.5 Å². The van der Waals surface area contributed by atoms with E-state index in [1.807, 2.05) is 43.3 Å². The van der Waals surface area contributed by atoms with Crippen molar-refractivity contribution in [3.63, 3.8) is 0 Å². The summed E-state index contributed by atoms with van der Waals surface area (Å²) in [4.78, 5) is 31.3. The van der Waals surface area contributed by atoms with Crippen LogP contribution in [0.1, 0.15) is 56.5 Å². The van der Waals surface area contributed by atoms with Gasteiger partial charge >= 0.3 is 0 Å². The van der Waals surface area contributed by atoms with E-state index in [0.717, 1.165) is 17.7 Å². The van der Waals surface area contributed by atoms with Gasteiger partial charge in [0.25, 0.3) is 5.91 Å². The van der Waals surface area contributed by atoms with Gasteiger partial charge in [-0.25, -0.2) is 0 Å². The average molecular weight is 411 g/mol. The van der Waals surface area contributed by atoms with Crippen LogP contribution in [0, 0.1) is 11.3 Å². The Bertz CT molecular complexity index is 857. The third kappa shape index (κ3) is 7.50. The van der Waals surface area contributed by atoms with Crippen molar-refractivity contribution in [2.45, 2.75) is 47.1 Å². The molecule has 2 rings (SSSR count). The van der Waals surface area contributed by atoms with Gasteiger partial charge in [0.05, 0.1) is 5.56 Å². The highest BCUT2D eigenvalue weighted by Crippen LogP contribution is 2.27. The number of anilines is 2. The first kappa shape index (κ1) is 23.4. The Morgan fingerprint density at radius 3 is 2.50 bits per heavy atom. The molecule has 2 amide bonds. The van der Waals surface area contributed by atoms with Gasteiger partial charge in [0.2, 0.25) is 5.91 Å². The number of amides is 2. The number of carbonyl (C=O) groups excluding carboxylic acids is 2. The van der Waals surface area contributed by atoms with Crippen molar-refractivity contribution in [2.24, 2.45) is 11.3 Å². The molecular weight excluding hydrogens is 376 g/mol. The predicted molar refractivity (Wildman–Crippen MR) is 123 cm³/mol. The van der Waals surface area contributed by atoms with Crippen LogP contribution in [0.15, 0.2) is 42.7 Å². The monoisotopic (exact) mass is 410 g/mol. The number of benzene rings is 1. The minimum absolute atomic E-state index is 0.0360. The number of nitrogens with zero attached hydrogens (tertiary/aromatic N) is 2. The Balaban J connectivity index is 2.09. The molecule has 2 N–H and O–H groups in total. The van der Waals surface area contributed by atoms with Gasteiger partial charge in [0, 0.05) is 50.8 Å². The van der Waals surface area contributed by atoms with Crippen LogP contribution in [0.3, 0.4) is 0 Å². The van der Waals surface area contributed by atoms with Gasteiger partial charge in [-0.1, -0.05) is 33.8 Å². The van der Waals surface area contributed by atoms with E-state index in [4.69, 9.17) is 0 Å². The molecule has 1 atom stereocenters. The highest BCUT2D eigenvalue weighted by Gasteiger charge is 2.19. The lowest BCUT2D eigenvalue weighted by Crippen LogP contribution is -2.26. The van der Waals surface area contributed by atoms with Crippen LogP contribution in [0.5, 0.6) is 0 Å². The standard InChI is InChI=1S/C24H34N4O2/c1-17(14-24(2,3)4)12-22(29)27-19-9-10-21(28(5)6)20(13-19)23(30)26-16-18-8-7-11-25-15-18/h7-11,13,15,17H,12,14,16H2,1-6H3,(H,26,30)(H,27,29). The van der Waals surface area contributed by atoms with Crippen LogP contribution in [0.4, 0.5) is 11.4 Å². The number of hydrogen-bond acceptors (Lipinski definition) is 4. The fraction of sp³-hybridized carbons (Fsp3) is 0.458. The molecule has 0 aliphatic heterocycles. The Labute approximate surface area is 180 Å². The second-order valence-corrected chi connectivity index (χ2v) is 9.29. The zero-order valence-corrected chi connectivity index (χ0v) is 19.0. The van der Waals surface area contributed by atoms with E-state index in [0.29, 0.717) is 24.2 Å². The first-order valence-electron chi connectivity index (χ1n) is 10.3. The summed E-state index contributed by atoms with van der Waals surface area (Å²) in [5.41, 5.74) is 3.05. The van der Waals surface area contributed by atoms with E-state index in [2.05, 4.69) is 43.3 Å². The number of hydrogen-bond donors (Lipinski definition) is 2. The summed E-state index contributed by atoms with van der Waals surface area (Å²) in [6.07, 6.45) is 4.85. The second kappa shape index (κ2) is 10.2. The Hall–Kier alpha value is -2.89.